The summed E-state index contributed by atoms with van der Waals surface area (Å²) in [5.41, 5.74) is 0. The molecule has 21 heavy (non-hydrogen) atoms. The van der Waals surface area contributed by atoms with Crippen molar-refractivity contribution in [3.63, 3.8) is 0 Å². The SMILES string of the molecule is CCCN(C(=O)CS(=O)(=O)C1CCCC1)C1CCNCC1. The van der Waals surface area contributed by atoms with E-state index in [-0.39, 0.29) is 23.0 Å². The predicted molar refractivity (Wildman–Crippen MR) is 83.9 cm³/mol. The topological polar surface area (TPSA) is 66.5 Å². The fourth-order valence-electron chi connectivity index (χ4n) is 3.49. The van der Waals surface area contributed by atoms with Gasteiger partial charge in [-0.2, -0.15) is 0 Å². The number of carbonyl (C=O) groups excluding carboxylic acids is 1. The van der Waals surface area contributed by atoms with E-state index in [1.54, 1.807) is 0 Å². The molecule has 1 N–H and O–H groups in total. The van der Waals surface area contributed by atoms with Crippen LogP contribution in [0.2, 0.25) is 0 Å². The number of rotatable bonds is 6. The fourth-order valence-corrected chi connectivity index (χ4v) is 5.29. The van der Waals surface area contributed by atoms with Gasteiger partial charge in [-0.25, -0.2) is 8.42 Å². The first-order valence-corrected chi connectivity index (χ1v) is 9.98. The zero-order valence-corrected chi connectivity index (χ0v) is 13.8. The van der Waals surface area contributed by atoms with Crippen molar-refractivity contribution in [2.45, 2.75) is 63.2 Å². The van der Waals surface area contributed by atoms with Crippen LogP contribution >= 0.6 is 0 Å². The number of nitrogens with zero attached hydrogens (tertiary/aromatic N) is 1. The highest BCUT2D eigenvalue weighted by Gasteiger charge is 2.33. The Hall–Kier alpha value is -0.620. The van der Waals surface area contributed by atoms with Gasteiger partial charge in [0, 0.05) is 12.6 Å². The maximum atomic E-state index is 12.5. The second-order valence-corrected chi connectivity index (χ2v) is 8.56. The fraction of sp³-hybridized carbons (Fsp3) is 0.933. The molecule has 0 spiro atoms. The summed E-state index contributed by atoms with van der Waals surface area (Å²) in [4.78, 5) is 14.4. The highest BCUT2D eigenvalue weighted by atomic mass is 32.2. The number of hydrogen-bond acceptors (Lipinski definition) is 4. The van der Waals surface area contributed by atoms with Crippen molar-refractivity contribution in [1.29, 1.82) is 0 Å². The monoisotopic (exact) mass is 316 g/mol. The Morgan fingerprint density at radius 1 is 1.14 bits per heavy atom. The van der Waals surface area contributed by atoms with Gasteiger partial charge in [0.15, 0.2) is 9.84 Å². The van der Waals surface area contributed by atoms with E-state index in [9.17, 15) is 13.2 Å². The molecule has 0 aromatic heterocycles. The molecule has 122 valence electrons. The number of nitrogens with one attached hydrogen (secondary N) is 1. The summed E-state index contributed by atoms with van der Waals surface area (Å²) in [5.74, 6) is -0.475. The van der Waals surface area contributed by atoms with Crippen molar-refractivity contribution >= 4 is 15.7 Å². The molecule has 0 bridgehead atoms. The average Bonchev–Trinajstić information content (AvgIpc) is 3.00. The van der Waals surface area contributed by atoms with Gasteiger partial charge in [0.05, 0.1) is 5.25 Å². The molecular weight excluding hydrogens is 288 g/mol. The summed E-state index contributed by atoms with van der Waals surface area (Å²) in [6.45, 7) is 4.53. The van der Waals surface area contributed by atoms with Crippen LogP contribution in [0.3, 0.4) is 0 Å². The first-order valence-electron chi connectivity index (χ1n) is 8.26. The van der Waals surface area contributed by atoms with E-state index in [0.29, 0.717) is 6.54 Å². The second-order valence-electron chi connectivity index (χ2n) is 6.28. The lowest BCUT2D eigenvalue weighted by Gasteiger charge is -2.34. The molecule has 0 aromatic rings. The van der Waals surface area contributed by atoms with E-state index in [4.69, 9.17) is 0 Å². The van der Waals surface area contributed by atoms with Crippen LogP contribution < -0.4 is 5.32 Å². The van der Waals surface area contributed by atoms with Gasteiger partial charge in [-0.1, -0.05) is 19.8 Å². The molecule has 0 radical (unpaired) electrons. The molecule has 1 aliphatic heterocycles. The summed E-state index contributed by atoms with van der Waals surface area (Å²) in [7, 11) is -3.27. The largest absolute Gasteiger partial charge is 0.339 e. The minimum Gasteiger partial charge on any atom is -0.339 e. The first-order chi connectivity index (χ1) is 10.0. The van der Waals surface area contributed by atoms with Crippen molar-refractivity contribution in [1.82, 2.24) is 10.2 Å². The number of carbonyl (C=O) groups is 1. The molecule has 0 unspecified atom stereocenters. The molecule has 1 saturated heterocycles. The quantitative estimate of drug-likeness (QED) is 0.803. The molecule has 5 nitrogen and oxygen atoms in total. The highest BCUT2D eigenvalue weighted by molar-refractivity contribution is 7.92. The number of hydrogen-bond donors (Lipinski definition) is 1. The molecule has 2 rings (SSSR count). The van der Waals surface area contributed by atoms with Crippen LogP contribution in [0, 0.1) is 0 Å². The predicted octanol–water partition coefficient (Wildman–Crippen LogP) is 1.33. The standard InChI is InChI=1S/C15H28N2O3S/c1-2-11-17(13-7-9-16-10-8-13)15(18)12-21(19,20)14-5-3-4-6-14/h13-14,16H,2-12H2,1H3. The number of sulfone groups is 1. The van der Waals surface area contributed by atoms with Crippen LogP contribution in [-0.4, -0.2) is 55.9 Å². The Labute approximate surface area is 128 Å². The lowest BCUT2D eigenvalue weighted by atomic mass is 10.0. The maximum absolute atomic E-state index is 12.5. The second kappa shape index (κ2) is 7.58. The molecule has 1 heterocycles. The third-order valence-electron chi connectivity index (χ3n) is 4.67. The van der Waals surface area contributed by atoms with Gasteiger partial charge in [0.1, 0.15) is 5.75 Å². The summed E-state index contributed by atoms with van der Waals surface area (Å²) in [6.07, 6.45) is 6.15. The van der Waals surface area contributed by atoms with Gasteiger partial charge < -0.3 is 10.2 Å². The molecule has 6 heteroatoms. The number of piperidine rings is 1. The first kappa shape index (κ1) is 16.7. The van der Waals surface area contributed by atoms with Crippen molar-refractivity contribution in [3.05, 3.63) is 0 Å². The Morgan fingerprint density at radius 2 is 1.76 bits per heavy atom. The Bertz CT molecular complexity index is 438. The van der Waals surface area contributed by atoms with E-state index in [0.717, 1.165) is 58.0 Å². The smallest absolute Gasteiger partial charge is 0.238 e. The minimum atomic E-state index is -3.27. The Kier molecular flexibility index (Phi) is 6.05. The normalized spacial score (nSPS) is 21.6. The van der Waals surface area contributed by atoms with Crippen molar-refractivity contribution in [2.75, 3.05) is 25.4 Å². The minimum absolute atomic E-state index is 0.185. The Balaban J connectivity index is 2.00. The van der Waals surface area contributed by atoms with Gasteiger partial charge >= 0.3 is 0 Å². The van der Waals surface area contributed by atoms with Crippen LogP contribution in [0.25, 0.3) is 0 Å². The summed E-state index contributed by atoms with van der Waals surface area (Å²) in [5, 5.41) is 3.01. The van der Waals surface area contributed by atoms with Crippen molar-refractivity contribution in [2.24, 2.45) is 0 Å². The molecule has 1 aliphatic carbocycles. The van der Waals surface area contributed by atoms with Crippen LogP contribution in [0.4, 0.5) is 0 Å². The highest BCUT2D eigenvalue weighted by Crippen LogP contribution is 2.25. The lowest BCUT2D eigenvalue weighted by molar-refractivity contribution is -0.131. The maximum Gasteiger partial charge on any atom is 0.238 e. The molecular formula is C15H28N2O3S. The Morgan fingerprint density at radius 3 is 2.33 bits per heavy atom. The zero-order chi connectivity index (χ0) is 15.3. The van der Waals surface area contributed by atoms with Gasteiger partial charge in [0.2, 0.25) is 5.91 Å². The average molecular weight is 316 g/mol. The van der Waals surface area contributed by atoms with E-state index in [1.807, 2.05) is 11.8 Å². The summed E-state index contributed by atoms with van der Waals surface area (Å²) in [6, 6.07) is 0.206. The third-order valence-corrected chi connectivity index (χ3v) is 6.81. The van der Waals surface area contributed by atoms with E-state index >= 15 is 0 Å². The van der Waals surface area contributed by atoms with E-state index in [2.05, 4.69) is 5.32 Å². The molecule has 1 saturated carbocycles. The van der Waals surface area contributed by atoms with E-state index in [1.165, 1.54) is 0 Å². The van der Waals surface area contributed by atoms with Crippen LogP contribution in [0.1, 0.15) is 51.9 Å². The molecule has 0 aromatic carbocycles. The van der Waals surface area contributed by atoms with Crippen molar-refractivity contribution < 1.29 is 13.2 Å². The molecule has 0 atom stereocenters. The van der Waals surface area contributed by atoms with Gasteiger partial charge in [-0.15, -0.1) is 0 Å². The third kappa shape index (κ3) is 4.42. The molecule has 2 fully saturated rings. The van der Waals surface area contributed by atoms with E-state index < -0.39 is 9.84 Å². The lowest BCUT2D eigenvalue weighted by Crippen LogP contribution is -2.48. The summed E-state index contributed by atoms with van der Waals surface area (Å²) < 4.78 is 24.7. The van der Waals surface area contributed by atoms with Gasteiger partial charge in [-0.05, 0) is 45.2 Å². The van der Waals surface area contributed by atoms with Gasteiger partial charge in [-0.3, -0.25) is 4.79 Å². The molecule has 1 amide bonds. The zero-order valence-electron chi connectivity index (χ0n) is 13.0. The van der Waals surface area contributed by atoms with Crippen LogP contribution in [0.5, 0.6) is 0 Å². The van der Waals surface area contributed by atoms with Crippen LogP contribution in [0.15, 0.2) is 0 Å². The van der Waals surface area contributed by atoms with Crippen LogP contribution in [-0.2, 0) is 14.6 Å². The van der Waals surface area contributed by atoms with Crippen molar-refractivity contribution in [3.8, 4) is 0 Å². The summed E-state index contributed by atoms with van der Waals surface area (Å²) >= 11 is 0. The van der Waals surface area contributed by atoms with Gasteiger partial charge in [0.25, 0.3) is 0 Å². The molecule has 2 aliphatic rings. The number of amides is 1.